The molecular weight excluding hydrogens is 364 g/mol. The fraction of sp³-hybridized carbons (Fsp3) is 0.167. The number of amides is 2. The number of rotatable bonds is 7. The number of hydrogen-bond acceptors (Lipinski definition) is 3. The van der Waals surface area contributed by atoms with Crippen molar-refractivity contribution >= 4 is 17.5 Å². The monoisotopic (exact) mass is 388 g/mol. The van der Waals surface area contributed by atoms with Crippen molar-refractivity contribution in [2.75, 3.05) is 11.9 Å². The van der Waals surface area contributed by atoms with Crippen LogP contribution in [0.5, 0.6) is 5.75 Å². The van der Waals surface area contributed by atoms with Gasteiger partial charge in [-0.25, -0.2) is 0 Å². The first-order valence-corrected chi connectivity index (χ1v) is 9.35. The van der Waals surface area contributed by atoms with Crippen LogP contribution < -0.4 is 15.8 Å². The summed E-state index contributed by atoms with van der Waals surface area (Å²) < 4.78 is 5.59. The van der Waals surface area contributed by atoms with Gasteiger partial charge in [0.05, 0.1) is 0 Å². The molecule has 0 aliphatic carbocycles. The van der Waals surface area contributed by atoms with E-state index in [-0.39, 0.29) is 17.9 Å². The molecule has 5 nitrogen and oxygen atoms in total. The molecule has 2 amide bonds. The summed E-state index contributed by atoms with van der Waals surface area (Å²) in [6.45, 7) is 4.24. The summed E-state index contributed by atoms with van der Waals surface area (Å²) in [5, 5.41) is 2.72. The first-order valence-electron chi connectivity index (χ1n) is 9.35. The minimum absolute atomic E-state index is 0.112. The zero-order valence-corrected chi connectivity index (χ0v) is 16.5. The Morgan fingerprint density at radius 1 is 0.862 bits per heavy atom. The van der Waals surface area contributed by atoms with Gasteiger partial charge in [0.2, 0.25) is 5.91 Å². The topological polar surface area (TPSA) is 81.4 Å². The Morgan fingerprint density at radius 3 is 2.03 bits per heavy atom. The van der Waals surface area contributed by atoms with E-state index in [1.165, 1.54) is 5.56 Å². The molecule has 0 aromatic heterocycles. The van der Waals surface area contributed by atoms with Crippen LogP contribution in [0.25, 0.3) is 0 Å². The molecule has 3 rings (SSSR count). The van der Waals surface area contributed by atoms with Crippen molar-refractivity contribution < 1.29 is 14.3 Å². The highest BCUT2D eigenvalue weighted by Gasteiger charge is 2.22. The van der Waals surface area contributed by atoms with E-state index >= 15 is 0 Å². The highest BCUT2D eigenvalue weighted by molar-refractivity contribution is 5.95. The molecule has 3 N–H and O–H groups in total. The lowest BCUT2D eigenvalue weighted by molar-refractivity contribution is -0.118. The van der Waals surface area contributed by atoms with Crippen molar-refractivity contribution in [1.82, 2.24) is 0 Å². The Bertz CT molecular complexity index is 979. The second-order valence-corrected chi connectivity index (χ2v) is 7.29. The van der Waals surface area contributed by atoms with Crippen LogP contribution in [-0.2, 0) is 10.2 Å². The van der Waals surface area contributed by atoms with E-state index in [4.69, 9.17) is 10.5 Å². The Balaban J connectivity index is 1.57. The van der Waals surface area contributed by atoms with Gasteiger partial charge >= 0.3 is 0 Å². The summed E-state index contributed by atoms with van der Waals surface area (Å²) in [5.74, 6) is -0.174. The highest BCUT2D eigenvalue weighted by atomic mass is 16.5. The van der Waals surface area contributed by atoms with Gasteiger partial charge in [0, 0.05) is 16.7 Å². The molecule has 0 bridgehead atoms. The fourth-order valence-electron chi connectivity index (χ4n) is 3.05. The number of benzene rings is 3. The van der Waals surface area contributed by atoms with Gasteiger partial charge in [0.15, 0.2) is 6.61 Å². The Labute approximate surface area is 170 Å². The maximum atomic E-state index is 12.1. The van der Waals surface area contributed by atoms with Crippen LogP contribution in [0.2, 0.25) is 0 Å². The Morgan fingerprint density at radius 2 is 1.45 bits per heavy atom. The van der Waals surface area contributed by atoms with Crippen molar-refractivity contribution in [3.63, 3.8) is 0 Å². The van der Waals surface area contributed by atoms with Gasteiger partial charge in [-0.2, -0.15) is 0 Å². The van der Waals surface area contributed by atoms with Crippen LogP contribution in [0.3, 0.4) is 0 Å². The molecule has 0 unspecified atom stereocenters. The average Bonchev–Trinajstić information content (AvgIpc) is 2.73. The normalized spacial score (nSPS) is 11.0. The van der Waals surface area contributed by atoms with Gasteiger partial charge in [-0.15, -0.1) is 0 Å². The Hall–Kier alpha value is -3.60. The van der Waals surface area contributed by atoms with E-state index in [0.717, 1.165) is 5.56 Å². The molecule has 0 radical (unpaired) electrons. The number of hydrogen-bond donors (Lipinski definition) is 2. The first kappa shape index (κ1) is 20.1. The van der Waals surface area contributed by atoms with Gasteiger partial charge in [0.1, 0.15) is 5.75 Å². The van der Waals surface area contributed by atoms with E-state index in [1.807, 2.05) is 42.5 Å². The van der Waals surface area contributed by atoms with Crippen LogP contribution in [-0.4, -0.2) is 18.4 Å². The predicted molar refractivity (Wildman–Crippen MR) is 114 cm³/mol. The largest absolute Gasteiger partial charge is 0.484 e. The molecule has 0 heterocycles. The summed E-state index contributed by atoms with van der Waals surface area (Å²) in [5.41, 5.74) is 8.42. The standard InChI is InChI=1S/C24H24N2O3/c1-24(2,18-6-4-3-5-7-18)19-10-14-21(15-11-19)29-16-22(27)26-20-12-8-17(9-13-20)23(25)28/h3-15H,16H2,1-2H3,(H2,25,28)(H,26,27). The lowest BCUT2D eigenvalue weighted by atomic mass is 9.78. The van der Waals surface area contributed by atoms with E-state index in [2.05, 4.69) is 31.3 Å². The molecule has 0 fully saturated rings. The molecular formula is C24H24N2O3. The van der Waals surface area contributed by atoms with Crippen molar-refractivity contribution in [3.05, 3.63) is 95.6 Å². The van der Waals surface area contributed by atoms with Gasteiger partial charge in [-0.1, -0.05) is 56.3 Å². The third-order valence-corrected chi connectivity index (χ3v) is 4.89. The minimum atomic E-state index is -0.509. The average molecular weight is 388 g/mol. The zero-order valence-electron chi connectivity index (χ0n) is 16.5. The number of primary amides is 1. The number of nitrogens with two attached hydrogens (primary N) is 1. The zero-order chi connectivity index (χ0) is 20.9. The van der Waals surface area contributed by atoms with Crippen molar-refractivity contribution in [2.24, 2.45) is 5.73 Å². The van der Waals surface area contributed by atoms with Crippen molar-refractivity contribution in [2.45, 2.75) is 19.3 Å². The van der Waals surface area contributed by atoms with Gasteiger partial charge in [-0.3, -0.25) is 9.59 Å². The van der Waals surface area contributed by atoms with Crippen molar-refractivity contribution in [3.8, 4) is 5.75 Å². The van der Waals surface area contributed by atoms with Crippen LogP contribution in [0.1, 0.15) is 35.3 Å². The number of ether oxygens (including phenoxy) is 1. The third-order valence-electron chi connectivity index (χ3n) is 4.89. The highest BCUT2D eigenvalue weighted by Crippen LogP contribution is 2.32. The molecule has 0 spiro atoms. The van der Waals surface area contributed by atoms with E-state index < -0.39 is 5.91 Å². The third kappa shape index (κ3) is 5.02. The Kier molecular flexibility index (Phi) is 5.98. The summed E-state index contributed by atoms with van der Waals surface area (Å²) in [6, 6.07) is 24.5. The van der Waals surface area contributed by atoms with Crippen LogP contribution in [0, 0.1) is 0 Å². The fourth-order valence-corrected chi connectivity index (χ4v) is 3.05. The van der Waals surface area contributed by atoms with Crippen LogP contribution in [0.15, 0.2) is 78.9 Å². The van der Waals surface area contributed by atoms with E-state index in [9.17, 15) is 9.59 Å². The quantitative estimate of drug-likeness (QED) is 0.638. The van der Waals surface area contributed by atoms with Gasteiger partial charge in [0.25, 0.3) is 5.91 Å². The molecule has 3 aromatic carbocycles. The first-order chi connectivity index (χ1) is 13.9. The predicted octanol–water partition coefficient (Wildman–Crippen LogP) is 4.13. The molecule has 0 saturated heterocycles. The minimum Gasteiger partial charge on any atom is -0.484 e. The lowest BCUT2D eigenvalue weighted by Gasteiger charge is -2.26. The smallest absolute Gasteiger partial charge is 0.262 e. The second-order valence-electron chi connectivity index (χ2n) is 7.29. The molecule has 29 heavy (non-hydrogen) atoms. The number of carbonyl (C=O) groups is 2. The van der Waals surface area contributed by atoms with Crippen LogP contribution >= 0.6 is 0 Å². The second kappa shape index (κ2) is 8.61. The van der Waals surface area contributed by atoms with Gasteiger partial charge < -0.3 is 15.8 Å². The van der Waals surface area contributed by atoms with Gasteiger partial charge in [-0.05, 0) is 47.5 Å². The van der Waals surface area contributed by atoms with E-state index in [1.54, 1.807) is 24.3 Å². The molecule has 148 valence electrons. The van der Waals surface area contributed by atoms with Crippen molar-refractivity contribution in [1.29, 1.82) is 0 Å². The summed E-state index contributed by atoms with van der Waals surface area (Å²) >= 11 is 0. The maximum absolute atomic E-state index is 12.1. The maximum Gasteiger partial charge on any atom is 0.262 e. The molecule has 0 aliphatic rings. The number of anilines is 1. The summed E-state index contributed by atoms with van der Waals surface area (Å²) in [4.78, 5) is 23.2. The summed E-state index contributed by atoms with van der Waals surface area (Å²) in [6.07, 6.45) is 0. The number of nitrogens with one attached hydrogen (secondary N) is 1. The molecule has 3 aromatic rings. The molecule has 0 atom stereocenters. The summed E-state index contributed by atoms with van der Waals surface area (Å²) in [7, 11) is 0. The molecule has 0 aliphatic heterocycles. The SMILES string of the molecule is CC(C)(c1ccccc1)c1ccc(OCC(=O)Nc2ccc(C(N)=O)cc2)cc1. The van der Waals surface area contributed by atoms with Crippen LogP contribution in [0.4, 0.5) is 5.69 Å². The number of carbonyl (C=O) groups excluding carboxylic acids is 2. The molecule has 0 saturated carbocycles. The molecule has 5 heteroatoms. The van der Waals surface area contributed by atoms with E-state index in [0.29, 0.717) is 17.0 Å². The lowest BCUT2D eigenvalue weighted by Crippen LogP contribution is -2.21.